The van der Waals surface area contributed by atoms with Gasteiger partial charge in [0.25, 0.3) is 0 Å². The Labute approximate surface area is 122 Å². The van der Waals surface area contributed by atoms with Crippen LogP contribution in [0.15, 0.2) is 30.3 Å². The number of benzene rings is 1. The molecule has 0 spiro atoms. The lowest BCUT2D eigenvalue weighted by Gasteiger charge is -2.39. The fourth-order valence-corrected chi connectivity index (χ4v) is 4.78. The van der Waals surface area contributed by atoms with E-state index in [1.807, 2.05) is 0 Å². The molecular formula is C18H26N2. The summed E-state index contributed by atoms with van der Waals surface area (Å²) in [7, 11) is 0. The Bertz CT molecular complexity index is 444. The summed E-state index contributed by atoms with van der Waals surface area (Å²) in [6, 6.07) is 14.5. The standard InChI is InChI=1S/C18H26N2/c1-2-19-14-10-15-8-9-16(11-14)20(15)18-12-17(18)13-6-4-3-5-7-13/h3-7,14-19H,2,8-12H2,1H3. The van der Waals surface area contributed by atoms with E-state index in [4.69, 9.17) is 0 Å². The minimum Gasteiger partial charge on any atom is -0.314 e. The van der Waals surface area contributed by atoms with Crippen LogP contribution in [0.25, 0.3) is 0 Å². The molecule has 1 saturated carbocycles. The average molecular weight is 270 g/mol. The molecule has 2 bridgehead atoms. The maximum Gasteiger partial charge on any atom is 0.0177 e. The zero-order valence-corrected chi connectivity index (χ0v) is 12.5. The number of hydrogen-bond acceptors (Lipinski definition) is 2. The van der Waals surface area contributed by atoms with Gasteiger partial charge in [-0.3, -0.25) is 4.90 Å². The van der Waals surface area contributed by atoms with Gasteiger partial charge in [0, 0.05) is 30.1 Å². The molecule has 2 saturated heterocycles. The first-order valence-corrected chi connectivity index (χ1v) is 8.42. The van der Waals surface area contributed by atoms with Crippen molar-refractivity contribution in [3.05, 3.63) is 35.9 Å². The summed E-state index contributed by atoms with van der Waals surface area (Å²) >= 11 is 0. The molecule has 0 amide bonds. The van der Waals surface area contributed by atoms with Crippen LogP contribution < -0.4 is 5.32 Å². The summed E-state index contributed by atoms with van der Waals surface area (Å²) in [5.41, 5.74) is 1.56. The first-order valence-electron chi connectivity index (χ1n) is 8.42. The van der Waals surface area contributed by atoms with Crippen LogP contribution in [0.2, 0.25) is 0 Å². The lowest BCUT2D eigenvalue weighted by molar-refractivity contribution is 0.107. The molecule has 2 heteroatoms. The van der Waals surface area contributed by atoms with Crippen LogP contribution in [0.5, 0.6) is 0 Å². The zero-order chi connectivity index (χ0) is 13.5. The number of nitrogens with one attached hydrogen (secondary N) is 1. The molecule has 3 fully saturated rings. The molecule has 3 aliphatic rings. The lowest BCUT2D eigenvalue weighted by atomic mass is 9.96. The van der Waals surface area contributed by atoms with Crippen LogP contribution in [0, 0.1) is 0 Å². The SMILES string of the molecule is CCNC1CC2CCC(C1)N2C1CC1c1ccccc1. The third-order valence-electron chi connectivity index (χ3n) is 5.65. The molecule has 0 radical (unpaired) electrons. The summed E-state index contributed by atoms with van der Waals surface area (Å²) in [4.78, 5) is 2.91. The van der Waals surface area contributed by atoms with Gasteiger partial charge in [-0.2, -0.15) is 0 Å². The highest BCUT2D eigenvalue weighted by Crippen LogP contribution is 2.51. The average Bonchev–Trinajstić information content (AvgIpc) is 3.22. The van der Waals surface area contributed by atoms with Crippen LogP contribution in [-0.2, 0) is 0 Å². The van der Waals surface area contributed by atoms with Crippen molar-refractivity contribution in [2.24, 2.45) is 0 Å². The molecule has 4 rings (SSSR count). The monoisotopic (exact) mass is 270 g/mol. The van der Waals surface area contributed by atoms with Crippen molar-refractivity contribution < 1.29 is 0 Å². The van der Waals surface area contributed by atoms with Gasteiger partial charge >= 0.3 is 0 Å². The zero-order valence-electron chi connectivity index (χ0n) is 12.5. The molecule has 2 aliphatic heterocycles. The highest BCUT2D eigenvalue weighted by molar-refractivity contribution is 5.28. The molecule has 4 unspecified atom stereocenters. The second-order valence-electron chi connectivity index (χ2n) is 6.88. The van der Waals surface area contributed by atoms with Crippen molar-refractivity contribution in [3.8, 4) is 0 Å². The molecular weight excluding hydrogens is 244 g/mol. The minimum atomic E-state index is 0.780. The summed E-state index contributed by atoms with van der Waals surface area (Å²) < 4.78 is 0. The van der Waals surface area contributed by atoms with E-state index in [1.54, 1.807) is 5.56 Å². The fourth-order valence-electron chi connectivity index (χ4n) is 4.78. The Morgan fingerprint density at radius 2 is 1.75 bits per heavy atom. The van der Waals surface area contributed by atoms with Crippen molar-refractivity contribution in [2.75, 3.05) is 6.54 Å². The number of piperidine rings is 1. The molecule has 2 heterocycles. The topological polar surface area (TPSA) is 15.3 Å². The molecule has 1 aliphatic carbocycles. The first kappa shape index (κ1) is 12.8. The largest absolute Gasteiger partial charge is 0.314 e. The van der Waals surface area contributed by atoms with Crippen LogP contribution in [0.1, 0.15) is 50.5 Å². The van der Waals surface area contributed by atoms with Gasteiger partial charge in [-0.1, -0.05) is 37.3 Å². The molecule has 1 aromatic rings. The van der Waals surface area contributed by atoms with Gasteiger partial charge in [0.1, 0.15) is 0 Å². The van der Waals surface area contributed by atoms with Gasteiger partial charge < -0.3 is 5.32 Å². The van der Waals surface area contributed by atoms with Crippen molar-refractivity contribution in [1.29, 1.82) is 0 Å². The van der Waals surface area contributed by atoms with Crippen molar-refractivity contribution >= 4 is 0 Å². The van der Waals surface area contributed by atoms with E-state index >= 15 is 0 Å². The quantitative estimate of drug-likeness (QED) is 0.904. The van der Waals surface area contributed by atoms with Crippen LogP contribution in [0.3, 0.4) is 0 Å². The van der Waals surface area contributed by atoms with Gasteiger partial charge in [0.05, 0.1) is 0 Å². The van der Waals surface area contributed by atoms with E-state index in [2.05, 4.69) is 47.5 Å². The Balaban J connectivity index is 1.44. The van der Waals surface area contributed by atoms with Gasteiger partial charge in [-0.05, 0) is 44.2 Å². The maximum atomic E-state index is 3.68. The summed E-state index contributed by atoms with van der Waals surface area (Å²) in [6.07, 6.45) is 7.02. The molecule has 2 nitrogen and oxygen atoms in total. The predicted molar refractivity (Wildman–Crippen MR) is 82.9 cm³/mol. The number of nitrogens with zero attached hydrogens (tertiary/aromatic N) is 1. The first-order chi connectivity index (χ1) is 9.86. The summed E-state index contributed by atoms with van der Waals surface area (Å²) in [6.45, 7) is 3.36. The molecule has 4 atom stereocenters. The molecule has 0 aromatic heterocycles. The van der Waals surface area contributed by atoms with E-state index in [0.717, 1.165) is 36.6 Å². The maximum absolute atomic E-state index is 3.68. The third-order valence-corrected chi connectivity index (χ3v) is 5.65. The summed E-state index contributed by atoms with van der Waals surface area (Å²) in [5, 5.41) is 3.68. The lowest BCUT2D eigenvalue weighted by Crippen LogP contribution is -2.50. The number of hydrogen-bond donors (Lipinski definition) is 1. The van der Waals surface area contributed by atoms with E-state index in [9.17, 15) is 0 Å². The van der Waals surface area contributed by atoms with E-state index in [1.165, 1.54) is 32.1 Å². The predicted octanol–water partition coefficient (Wildman–Crippen LogP) is 3.15. The Hall–Kier alpha value is -0.860. The minimum absolute atomic E-state index is 0.780. The number of rotatable bonds is 4. The highest BCUT2D eigenvalue weighted by Gasteiger charge is 2.52. The Morgan fingerprint density at radius 1 is 1.05 bits per heavy atom. The number of fused-ring (bicyclic) bond motifs is 2. The smallest absolute Gasteiger partial charge is 0.0177 e. The highest BCUT2D eigenvalue weighted by atomic mass is 15.3. The second-order valence-corrected chi connectivity index (χ2v) is 6.88. The Morgan fingerprint density at radius 3 is 2.40 bits per heavy atom. The van der Waals surface area contributed by atoms with Crippen molar-refractivity contribution in [3.63, 3.8) is 0 Å². The fraction of sp³-hybridized carbons (Fsp3) is 0.667. The van der Waals surface area contributed by atoms with Crippen molar-refractivity contribution in [1.82, 2.24) is 10.2 Å². The van der Waals surface area contributed by atoms with Crippen molar-refractivity contribution in [2.45, 2.75) is 69.1 Å². The second kappa shape index (κ2) is 5.16. The van der Waals surface area contributed by atoms with E-state index in [0.29, 0.717) is 0 Å². The third kappa shape index (κ3) is 2.19. The van der Waals surface area contributed by atoms with Gasteiger partial charge in [-0.25, -0.2) is 0 Å². The molecule has 108 valence electrons. The Kier molecular flexibility index (Phi) is 3.31. The normalized spacial score (nSPS) is 40.0. The van der Waals surface area contributed by atoms with Crippen LogP contribution in [-0.4, -0.2) is 35.6 Å². The van der Waals surface area contributed by atoms with E-state index < -0.39 is 0 Å². The molecule has 20 heavy (non-hydrogen) atoms. The summed E-state index contributed by atoms with van der Waals surface area (Å²) in [5.74, 6) is 0.815. The molecule has 1 aromatic carbocycles. The van der Waals surface area contributed by atoms with Gasteiger partial charge in [0.15, 0.2) is 0 Å². The van der Waals surface area contributed by atoms with Crippen LogP contribution in [0.4, 0.5) is 0 Å². The van der Waals surface area contributed by atoms with Crippen LogP contribution >= 0.6 is 0 Å². The van der Waals surface area contributed by atoms with Gasteiger partial charge in [-0.15, -0.1) is 0 Å². The van der Waals surface area contributed by atoms with Gasteiger partial charge in [0.2, 0.25) is 0 Å². The molecule has 1 N–H and O–H groups in total. The van der Waals surface area contributed by atoms with E-state index in [-0.39, 0.29) is 0 Å².